The van der Waals surface area contributed by atoms with E-state index in [4.69, 9.17) is 5.73 Å². The molecule has 0 unspecified atom stereocenters. The second-order valence-electron chi connectivity index (χ2n) is 7.43. The van der Waals surface area contributed by atoms with Gasteiger partial charge >= 0.3 is 0 Å². The molecule has 0 atom stereocenters. The maximum Gasteiger partial charge on any atom is 0.225 e. The Bertz CT molecular complexity index is 1170. The number of halogens is 1. The predicted molar refractivity (Wildman–Crippen MR) is 112 cm³/mol. The van der Waals surface area contributed by atoms with E-state index in [9.17, 15) is 4.39 Å². The Morgan fingerprint density at radius 3 is 2.55 bits per heavy atom. The summed E-state index contributed by atoms with van der Waals surface area (Å²) in [5.41, 5.74) is 8.82. The van der Waals surface area contributed by atoms with E-state index in [2.05, 4.69) is 20.4 Å². The summed E-state index contributed by atoms with van der Waals surface area (Å²) in [5, 5.41) is 8.45. The van der Waals surface area contributed by atoms with Crippen molar-refractivity contribution in [2.45, 2.75) is 19.4 Å². The first kappa shape index (κ1) is 17.6. The van der Waals surface area contributed by atoms with Crippen LogP contribution in [0.15, 0.2) is 54.6 Å². The lowest BCUT2D eigenvalue weighted by atomic mass is 10.1. The summed E-state index contributed by atoms with van der Waals surface area (Å²) in [7, 11) is 0. The summed E-state index contributed by atoms with van der Waals surface area (Å²) in [4.78, 5) is 9.17. The molecule has 146 valence electrons. The fourth-order valence-corrected chi connectivity index (χ4v) is 3.42. The number of fused-ring (bicyclic) bond motifs is 1. The van der Waals surface area contributed by atoms with Crippen LogP contribution in [0.2, 0.25) is 0 Å². The first-order valence-electron chi connectivity index (χ1n) is 9.76. The van der Waals surface area contributed by atoms with Gasteiger partial charge in [-0.1, -0.05) is 42.5 Å². The number of nitrogens with two attached hydrogens (primary N) is 1. The maximum atomic E-state index is 14.6. The van der Waals surface area contributed by atoms with Crippen LogP contribution in [0.1, 0.15) is 18.4 Å². The van der Waals surface area contributed by atoms with E-state index < -0.39 is 0 Å². The number of anilines is 2. The summed E-state index contributed by atoms with van der Waals surface area (Å²) in [6.45, 7) is 1.31. The molecule has 2 heterocycles. The van der Waals surface area contributed by atoms with Gasteiger partial charge in [-0.25, -0.2) is 14.1 Å². The van der Waals surface area contributed by atoms with Gasteiger partial charge in [-0.2, -0.15) is 4.98 Å². The van der Waals surface area contributed by atoms with Gasteiger partial charge in [0.1, 0.15) is 11.6 Å². The van der Waals surface area contributed by atoms with E-state index in [1.165, 1.54) is 18.9 Å². The van der Waals surface area contributed by atoms with Crippen molar-refractivity contribution in [1.82, 2.24) is 19.7 Å². The average molecular weight is 388 g/mol. The van der Waals surface area contributed by atoms with Gasteiger partial charge in [0, 0.05) is 12.1 Å². The lowest BCUT2D eigenvalue weighted by molar-refractivity contribution is 0.631. The smallest absolute Gasteiger partial charge is 0.225 e. The topological polar surface area (TPSA) is 81.7 Å². The Labute approximate surface area is 167 Å². The van der Waals surface area contributed by atoms with Gasteiger partial charge in [0.15, 0.2) is 5.65 Å². The molecule has 0 amide bonds. The highest BCUT2D eigenvalue weighted by molar-refractivity contribution is 5.99. The molecule has 5 rings (SSSR count). The van der Waals surface area contributed by atoms with Crippen molar-refractivity contribution in [2.75, 3.05) is 17.6 Å². The molecule has 2 aromatic carbocycles. The number of nitrogen functional groups attached to an aromatic ring is 1. The Morgan fingerprint density at radius 1 is 1.03 bits per heavy atom. The molecule has 2 aromatic heterocycles. The van der Waals surface area contributed by atoms with Crippen LogP contribution >= 0.6 is 0 Å². The van der Waals surface area contributed by atoms with Gasteiger partial charge in [0.05, 0.1) is 17.6 Å². The van der Waals surface area contributed by atoms with Crippen molar-refractivity contribution in [1.29, 1.82) is 0 Å². The SMILES string of the molecule is Nc1c2c(-c3ccccc3F)nc(NCC3CC3)nc2nn1Cc1ccccc1. The quantitative estimate of drug-likeness (QED) is 0.520. The van der Waals surface area contributed by atoms with Crippen molar-refractivity contribution in [2.24, 2.45) is 5.92 Å². The zero-order chi connectivity index (χ0) is 19.8. The number of hydrogen-bond acceptors (Lipinski definition) is 5. The predicted octanol–water partition coefficient (Wildman–Crippen LogP) is 4.08. The highest BCUT2D eigenvalue weighted by Gasteiger charge is 2.23. The number of nitrogens with zero attached hydrogens (tertiary/aromatic N) is 4. The Hall–Kier alpha value is -3.48. The van der Waals surface area contributed by atoms with Gasteiger partial charge in [-0.3, -0.25) is 0 Å². The molecule has 1 aliphatic carbocycles. The summed E-state index contributed by atoms with van der Waals surface area (Å²) in [6, 6.07) is 16.5. The minimum absolute atomic E-state index is 0.351. The van der Waals surface area contributed by atoms with Crippen LogP contribution in [0.3, 0.4) is 0 Å². The molecule has 0 radical (unpaired) electrons. The first-order valence-corrected chi connectivity index (χ1v) is 9.76. The van der Waals surface area contributed by atoms with E-state index in [1.54, 1.807) is 22.9 Å². The molecule has 3 N–H and O–H groups in total. The minimum Gasteiger partial charge on any atom is -0.383 e. The third-order valence-electron chi connectivity index (χ3n) is 5.19. The van der Waals surface area contributed by atoms with Crippen molar-refractivity contribution >= 4 is 22.8 Å². The van der Waals surface area contributed by atoms with E-state index in [1.807, 2.05) is 30.3 Å². The summed E-state index contributed by atoms with van der Waals surface area (Å²) in [6.07, 6.45) is 2.43. The number of nitrogens with one attached hydrogen (secondary N) is 1. The molecule has 1 aliphatic rings. The van der Waals surface area contributed by atoms with Gasteiger partial charge in [-0.15, -0.1) is 5.10 Å². The van der Waals surface area contributed by atoms with Crippen molar-refractivity contribution in [3.63, 3.8) is 0 Å². The molecule has 0 saturated heterocycles. The normalized spacial score (nSPS) is 13.7. The van der Waals surface area contributed by atoms with Crippen LogP contribution in [0.4, 0.5) is 16.2 Å². The molecule has 4 aromatic rings. The van der Waals surface area contributed by atoms with E-state index in [0.717, 1.165) is 12.1 Å². The molecule has 1 saturated carbocycles. The van der Waals surface area contributed by atoms with E-state index >= 15 is 0 Å². The maximum absolute atomic E-state index is 14.6. The molecule has 29 heavy (non-hydrogen) atoms. The van der Waals surface area contributed by atoms with Crippen LogP contribution in [-0.4, -0.2) is 26.3 Å². The zero-order valence-corrected chi connectivity index (χ0v) is 15.8. The number of rotatable bonds is 6. The summed E-state index contributed by atoms with van der Waals surface area (Å²) in [5.74, 6) is 1.19. The highest BCUT2D eigenvalue weighted by atomic mass is 19.1. The second-order valence-corrected chi connectivity index (χ2v) is 7.43. The molecule has 6 nitrogen and oxygen atoms in total. The third kappa shape index (κ3) is 3.51. The molecule has 0 aliphatic heterocycles. The monoisotopic (exact) mass is 388 g/mol. The number of benzene rings is 2. The molecule has 1 fully saturated rings. The highest BCUT2D eigenvalue weighted by Crippen LogP contribution is 2.34. The van der Waals surface area contributed by atoms with E-state index in [-0.39, 0.29) is 5.82 Å². The first-order chi connectivity index (χ1) is 14.2. The van der Waals surface area contributed by atoms with Gasteiger partial charge in [0.25, 0.3) is 0 Å². The van der Waals surface area contributed by atoms with Gasteiger partial charge in [-0.05, 0) is 36.5 Å². The van der Waals surface area contributed by atoms with E-state index in [0.29, 0.717) is 46.5 Å². The minimum atomic E-state index is -0.351. The van der Waals surface area contributed by atoms with Gasteiger partial charge in [0.2, 0.25) is 5.95 Å². The molecular formula is C22H21FN6. The van der Waals surface area contributed by atoms with Crippen LogP contribution < -0.4 is 11.1 Å². The lowest BCUT2D eigenvalue weighted by Gasteiger charge is -2.09. The fourth-order valence-electron chi connectivity index (χ4n) is 3.42. The Morgan fingerprint density at radius 2 is 1.79 bits per heavy atom. The third-order valence-corrected chi connectivity index (χ3v) is 5.19. The number of hydrogen-bond donors (Lipinski definition) is 2. The van der Waals surface area contributed by atoms with Gasteiger partial charge < -0.3 is 11.1 Å². The molecule has 0 spiro atoms. The molecule has 0 bridgehead atoms. The fraction of sp³-hybridized carbons (Fsp3) is 0.227. The standard InChI is InChI=1S/C22H21FN6/c23-17-9-5-4-8-16(17)19-18-20(24)29(13-15-6-2-1-3-7-15)28-21(18)27-22(26-19)25-12-14-10-11-14/h1-9,14H,10-13,24H2,(H,25,27,28). The summed E-state index contributed by atoms with van der Waals surface area (Å²) < 4.78 is 16.3. The van der Waals surface area contributed by atoms with Crippen molar-refractivity contribution < 1.29 is 4.39 Å². The Kier molecular flexibility index (Phi) is 4.35. The molecule has 7 heteroatoms. The second kappa shape index (κ2) is 7.16. The lowest BCUT2D eigenvalue weighted by Crippen LogP contribution is -2.08. The van der Waals surface area contributed by atoms with Crippen LogP contribution in [-0.2, 0) is 6.54 Å². The van der Waals surface area contributed by atoms with Crippen LogP contribution in [0.25, 0.3) is 22.3 Å². The van der Waals surface area contributed by atoms with Crippen LogP contribution in [0.5, 0.6) is 0 Å². The zero-order valence-electron chi connectivity index (χ0n) is 15.8. The van der Waals surface area contributed by atoms with Crippen molar-refractivity contribution in [3.05, 3.63) is 66.0 Å². The molecular weight excluding hydrogens is 367 g/mol. The average Bonchev–Trinajstić information content (AvgIpc) is 3.52. The van der Waals surface area contributed by atoms with Crippen LogP contribution in [0, 0.1) is 11.7 Å². The summed E-state index contributed by atoms with van der Waals surface area (Å²) >= 11 is 0. The largest absolute Gasteiger partial charge is 0.383 e. The Balaban J connectivity index is 1.64. The number of aromatic nitrogens is 4. The van der Waals surface area contributed by atoms with Crippen molar-refractivity contribution in [3.8, 4) is 11.3 Å².